The maximum atomic E-state index is 6.27. The molecule has 1 heterocycles. The first-order valence-corrected chi connectivity index (χ1v) is 21.8. The summed E-state index contributed by atoms with van der Waals surface area (Å²) < 4.78 is 7.82. The van der Waals surface area contributed by atoms with E-state index < -0.39 is 26.7 Å². The molecule has 1 aromatic rings. The van der Waals surface area contributed by atoms with Gasteiger partial charge >= 0.3 is 153 Å². The van der Waals surface area contributed by atoms with E-state index in [4.69, 9.17) is 9.26 Å². The van der Waals surface area contributed by atoms with Crippen molar-refractivity contribution in [2.24, 2.45) is 5.16 Å². The standard InChI is InChI=1S/C16H24NO2Si.3CH3.Sn/c1-16(2,3)20(4,5)18-12-14-11-15(17-19-14)13-9-7-6-8-10-13;;;;/h7-10,14H,11-12H2,1-5H3;3*1H3;/t14-;;;;/m0..../s1. The molecule has 1 aliphatic heterocycles. The first-order chi connectivity index (χ1) is 10.9. The average molecular weight is 454 g/mol. The van der Waals surface area contributed by atoms with Gasteiger partial charge in [-0.05, 0) is 0 Å². The van der Waals surface area contributed by atoms with E-state index in [-0.39, 0.29) is 11.1 Å². The Bertz CT molecular complexity index is 597. The Morgan fingerprint density at radius 2 is 1.75 bits per heavy atom. The summed E-state index contributed by atoms with van der Waals surface area (Å²) in [4.78, 5) is 12.9. The van der Waals surface area contributed by atoms with E-state index in [1.807, 2.05) is 0 Å². The van der Waals surface area contributed by atoms with Crippen LogP contribution in [0.3, 0.4) is 0 Å². The van der Waals surface area contributed by atoms with Crippen molar-refractivity contribution < 1.29 is 9.26 Å². The third kappa shape index (κ3) is 4.85. The summed E-state index contributed by atoms with van der Waals surface area (Å²) in [5.74, 6) is 0. The topological polar surface area (TPSA) is 30.8 Å². The Morgan fingerprint density at radius 1 is 1.17 bits per heavy atom. The zero-order chi connectivity index (χ0) is 18.2. The van der Waals surface area contributed by atoms with Gasteiger partial charge in [0.1, 0.15) is 0 Å². The molecule has 0 saturated heterocycles. The van der Waals surface area contributed by atoms with Gasteiger partial charge in [-0.1, -0.05) is 0 Å². The number of hydrogen-bond acceptors (Lipinski definition) is 3. The second-order valence-corrected chi connectivity index (χ2v) is 28.7. The molecule has 0 saturated carbocycles. The molecular weight excluding hydrogens is 421 g/mol. The first kappa shape index (κ1) is 20.0. The zero-order valence-corrected chi connectivity index (χ0v) is 20.4. The molecule has 0 unspecified atom stereocenters. The van der Waals surface area contributed by atoms with E-state index in [2.05, 4.69) is 78.1 Å². The number of rotatable bonds is 5. The molecule has 0 radical (unpaired) electrons. The van der Waals surface area contributed by atoms with Crippen molar-refractivity contribution >= 4 is 36.0 Å². The molecule has 2 rings (SSSR count). The van der Waals surface area contributed by atoms with Gasteiger partial charge in [0, 0.05) is 0 Å². The van der Waals surface area contributed by atoms with Crippen LogP contribution in [-0.4, -0.2) is 45.1 Å². The number of oxime groups is 1. The number of nitrogens with zero attached hydrogens (tertiary/aromatic N) is 1. The monoisotopic (exact) mass is 455 g/mol. The van der Waals surface area contributed by atoms with Crippen molar-refractivity contribution in [2.75, 3.05) is 6.61 Å². The van der Waals surface area contributed by atoms with Crippen LogP contribution in [0.5, 0.6) is 0 Å². The zero-order valence-electron chi connectivity index (χ0n) is 16.6. The van der Waals surface area contributed by atoms with E-state index in [0.29, 0.717) is 6.61 Å². The van der Waals surface area contributed by atoms with Crippen LogP contribution in [-0.2, 0) is 9.26 Å². The van der Waals surface area contributed by atoms with Gasteiger partial charge in [-0.2, -0.15) is 0 Å². The summed E-state index contributed by atoms with van der Waals surface area (Å²) >= 11 is -1.97. The summed E-state index contributed by atoms with van der Waals surface area (Å²) in [6, 6.07) is 8.98. The summed E-state index contributed by atoms with van der Waals surface area (Å²) in [7, 11) is -1.73. The van der Waals surface area contributed by atoms with E-state index in [9.17, 15) is 0 Å². The molecule has 0 aliphatic carbocycles. The number of hydrogen-bond donors (Lipinski definition) is 0. The fourth-order valence-electron chi connectivity index (χ4n) is 2.37. The quantitative estimate of drug-likeness (QED) is 0.602. The average Bonchev–Trinajstić information content (AvgIpc) is 2.92. The van der Waals surface area contributed by atoms with Crippen molar-refractivity contribution in [1.82, 2.24) is 0 Å². The Hall–Kier alpha value is -0.334. The van der Waals surface area contributed by atoms with Crippen LogP contribution in [0.1, 0.15) is 32.8 Å². The fraction of sp³-hybridized carbons (Fsp3) is 0.632. The predicted octanol–water partition coefficient (Wildman–Crippen LogP) is 4.75. The van der Waals surface area contributed by atoms with E-state index in [0.717, 1.165) is 12.1 Å². The third-order valence-electron chi connectivity index (χ3n) is 5.25. The molecule has 0 bridgehead atoms. The van der Waals surface area contributed by atoms with Crippen LogP contribution in [0.4, 0.5) is 0 Å². The normalized spacial score (nSPS) is 19.2. The molecule has 0 aromatic heterocycles. The molecule has 134 valence electrons. The van der Waals surface area contributed by atoms with Gasteiger partial charge in [-0.15, -0.1) is 0 Å². The second kappa shape index (κ2) is 7.12. The SMILES string of the molecule is CC(C)(C)[Si](C)(C)OC[C@@H]1CC(c2cc[c]([Sn]([CH3])([CH3])[CH3])cc2)=NO1. The molecule has 5 heteroatoms. The van der Waals surface area contributed by atoms with Gasteiger partial charge in [-0.3, -0.25) is 0 Å². The van der Waals surface area contributed by atoms with Crippen LogP contribution in [0.25, 0.3) is 0 Å². The Labute approximate surface area is 152 Å². The molecule has 24 heavy (non-hydrogen) atoms. The van der Waals surface area contributed by atoms with Gasteiger partial charge in [0.2, 0.25) is 0 Å². The van der Waals surface area contributed by atoms with E-state index in [1.165, 1.54) is 5.56 Å². The molecule has 0 amide bonds. The van der Waals surface area contributed by atoms with Crippen molar-refractivity contribution in [2.45, 2.75) is 66.2 Å². The second-order valence-electron chi connectivity index (χ2n) is 9.37. The Balaban J connectivity index is 1.93. The Kier molecular flexibility index (Phi) is 5.93. The molecule has 3 nitrogen and oxygen atoms in total. The van der Waals surface area contributed by atoms with Crippen LogP contribution >= 0.6 is 0 Å². The predicted molar refractivity (Wildman–Crippen MR) is 109 cm³/mol. The van der Waals surface area contributed by atoms with Crippen LogP contribution in [0.15, 0.2) is 29.4 Å². The van der Waals surface area contributed by atoms with Gasteiger partial charge in [0.25, 0.3) is 0 Å². The van der Waals surface area contributed by atoms with Crippen molar-refractivity contribution in [1.29, 1.82) is 0 Å². The summed E-state index contributed by atoms with van der Waals surface area (Å²) in [5, 5.41) is 4.54. The Morgan fingerprint density at radius 3 is 2.25 bits per heavy atom. The maximum absolute atomic E-state index is 6.27. The molecule has 1 aromatic carbocycles. The third-order valence-corrected chi connectivity index (χ3v) is 15.6. The molecule has 0 fully saturated rings. The van der Waals surface area contributed by atoms with Gasteiger partial charge in [0.05, 0.1) is 0 Å². The van der Waals surface area contributed by atoms with Crippen LogP contribution in [0.2, 0.25) is 33.0 Å². The molecule has 0 spiro atoms. The molecular formula is C19H33NO2SiSn. The minimum absolute atomic E-state index is 0.0515. The van der Waals surface area contributed by atoms with E-state index >= 15 is 0 Å². The van der Waals surface area contributed by atoms with Crippen LogP contribution < -0.4 is 3.58 Å². The molecule has 1 atom stereocenters. The summed E-state index contributed by atoms with van der Waals surface area (Å²) in [6.07, 6.45) is 0.892. The summed E-state index contributed by atoms with van der Waals surface area (Å²) in [5.41, 5.74) is 2.23. The van der Waals surface area contributed by atoms with Gasteiger partial charge in [-0.25, -0.2) is 0 Å². The molecule has 1 aliphatic rings. The summed E-state index contributed by atoms with van der Waals surface area (Å²) in [6.45, 7) is 12.0. The minimum atomic E-state index is -1.97. The fourth-order valence-corrected chi connectivity index (χ4v) is 6.73. The van der Waals surface area contributed by atoms with Gasteiger partial charge in [0.15, 0.2) is 0 Å². The van der Waals surface area contributed by atoms with Crippen molar-refractivity contribution in [3.63, 3.8) is 0 Å². The van der Waals surface area contributed by atoms with Crippen LogP contribution in [0, 0.1) is 0 Å². The number of benzene rings is 1. The first-order valence-electron chi connectivity index (χ1n) is 8.88. The van der Waals surface area contributed by atoms with Gasteiger partial charge < -0.3 is 0 Å². The molecule has 0 N–H and O–H groups in total. The van der Waals surface area contributed by atoms with E-state index in [1.54, 1.807) is 3.58 Å². The van der Waals surface area contributed by atoms with Crippen molar-refractivity contribution in [3.05, 3.63) is 29.8 Å². The van der Waals surface area contributed by atoms with Crippen molar-refractivity contribution in [3.8, 4) is 0 Å².